The van der Waals surface area contributed by atoms with Gasteiger partial charge >= 0.3 is 0 Å². The molecule has 1 heterocycles. The van der Waals surface area contributed by atoms with Crippen molar-refractivity contribution in [3.63, 3.8) is 0 Å². The molecule has 0 amide bonds. The number of nitrogens with one attached hydrogen (secondary N) is 4. The van der Waals surface area contributed by atoms with Gasteiger partial charge < -0.3 is 21.3 Å². The molecule has 5 nitrogen and oxygen atoms in total. The number of hydrogen-bond donors (Lipinski definition) is 4. The van der Waals surface area contributed by atoms with Crippen LogP contribution in [-0.2, 0) is 0 Å². The Labute approximate surface area is 169 Å². The Kier molecular flexibility index (Phi) is 9.47. The van der Waals surface area contributed by atoms with Crippen LogP contribution >= 0.6 is 0 Å². The predicted molar refractivity (Wildman–Crippen MR) is 118 cm³/mol. The molecular formula is C23H35N5. The molecule has 1 aliphatic heterocycles. The van der Waals surface area contributed by atoms with Crippen LogP contribution in [0.3, 0.4) is 0 Å². The van der Waals surface area contributed by atoms with Crippen LogP contribution in [0, 0.1) is 0 Å². The quantitative estimate of drug-likeness (QED) is 0.649. The lowest BCUT2D eigenvalue weighted by Crippen LogP contribution is -2.41. The number of rotatable bonds is 3. The molecule has 0 bridgehead atoms. The number of nitrogens with zero attached hydrogens (tertiary/aromatic N) is 1. The van der Waals surface area contributed by atoms with Gasteiger partial charge in [-0.05, 0) is 11.1 Å². The highest BCUT2D eigenvalue weighted by Gasteiger charge is 2.21. The molecule has 2 aromatic rings. The first-order valence-corrected chi connectivity index (χ1v) is 10.6. The predicted octanol–water partition coefficient (Wildman–Crippen LogP) is 1.45. The van der Waals surface area contributed by atoms with E-state index in [2.05, 4.69) is 86.8 Å². The maximum Gasteiger partial charge on any atom is 0.0602 e. The topological polar surface area (TPSA) is 51.4 Å². The fourth-order valence-corrected chi connectivity index (χ4v) is 3.73. The van der Waals surface area contributed by atoms with Crippen LogP contribution < -0.4 is 21.3 Å². The van der Waals surface area contributed by atoms with Crippen molar-refractivity contribution in [1.29, 1.82) is 0 Å². The second-order valence-corrected chi connectivity index (χ2v) is 7.26. The van der Waals surface area contributed by atoms with Gasteiger partial charge in [0.05, 0.1) is 6.04 Å². The van der Waals surface area contributed by atoms with Gasteiger partial charge in [0.15, 0.2) is 0 Å². The molecule has 2 aromatic carbocycles. The molecule has 1 aliphatic rings. The van der Waals surface area contributed by atoms with Crippen LogP contribution in [0.4, 0.5) is 0 Å². The van der Waals surface area contributed by atoms with E-state index in [4.69, 9.17) is 0 Å². The van der Waals surface area contributed by atoms with E-state index in [9.17, 15) is 0 Å². The summed E-state index contributed by atoms with van der Waals surface area (Å²) in [6, 6.07) is 22.1. The van der Waals surface area contributed by atoms with E-state index in [1.165, 1.54) is 11.1 Å². The summed E-state index contributed by atoms with van der Waals surface area (Å²) in [5, 5.41) is 14.2. The van der Waals surface area contributed by atoms with Gasteiger partial charge in [0.2, 0.25) is 0 Å². The Morgan fingerprint density at radius 3 is 1.25 bits per heavy atom. The minimum atomic E-state index is 0.276. The molecule has 0 saturated carbocycles. The lowest BCUT2D eigenvalue weighted by molar-refractivity contribution is 0.226. The Bertz CT molecular complexity index is 578. The summed E-state index contributed by atoms with van der Waals surface area (Å²) in [6.45, 7) is 10.1. The summed E-state index contributed by atoms with van der Waals surface area (Å²) < 4.78 is 0. The van der Waals surface area contributed by atoms with Crippen LogP contribution in [0.15, 0.2) is 60.7 Å². The molecule has 0 atom stereocenters. The van der Waals surface area contributed by atoms with Crippen LogP contribution in [0.25, 0.3) is 0 Å². The van der Waals surface area contributed by atoms with Gasteiger partial charge in [-0.25, -0.2) is 0 Å². The van der Waals surface area contributed by atoms with E-state index >= 15 is 0 Å². The zero-order valence-corrected chi connectivity index (χ0v) is 16.9. The highest BCUT2D eigenvalue weighted by Crippen LogP contribution is 2.28. The molecule has 0 aliphatic carbocycles. The third kappa shape index (κ3) is 7.00. The van der Waals surface area contributed by atoms with Gasteiger partial charge in [0.1, 0.15) is 0 Å². The lowest BCUT2D eigenvalue weighted by Gasteiger charge is -2.33. The molecule has 0 aromatic heterocycles. The van der Waals surface area contributed by atoms with Crippen LogP contribution in [0.1, 0.15) is 17.2 Å². The molecule has 0 spiro atoms. The standard InChI is InChI=1S/C23H35N5/c1-3-7-21(8-4-1)23(22-9-5-2-6-10-22)28-19-17-26-15-13-24-11-12-25-14-16-27-18-20-28/h1-10,23-27H,11-20H2. The van der Waals surface area contributed by atoms with Crippen molar-refractivity contribution in [2.75, 3.05) is 65.4 Å². The van der Waals surface area contributed by atoms with Gasteiger partial charge in [-0.15, -0.1) is 0 Å². The van der Waals surface area contributed by atoms with E-state index in [1.807, 2.05) is 0 Å². The second-order valence-electron chi connectivity index (χ2n) is 7.26. The Morgan fingerprint density at radius 2 is 0.857 bits per heavy atom. The molecule has 4 N–H and O–H groups in total. The molecule has 0 radical (unpaired) electrons. The summed E-state index contributed by atoms with van der Waals surface area (Å²) >= 11 is 0. The third-order valence-corrected chi connectivity index (χ3v) is 5.18. The summed E-state index contributed by atoms with van der Waals surface area (Å²) in [5.41, 5.74) is 2.71. The van der Waals surface area contributed by atoms with Crippen LogP contribution in [0.2, 0.25) is 0 Å². The van der Waals surface area contributed by atoms with Crippen molar-refractivity contribution in [3.8, 4) is 0 Å². The maximum atomic E-state index is 3.60. The van der Waals surface area contributed by atoms with Crippen molar-refractivity contribution in [3.05, 3.63) is 71.8 Å². The van der Waals surface area contributed by atoms with Crippen molar-refractivity contribution in [2.45, 2.75) is 6.04 Å². The number of benzene rings is 2. The molecule has 3 rings (SSSR count). The van der Waals surface area contributed by atoms with Gasteiger partial charge in [-0.3, -0.25) is 4.90 Å². The second kappa shape index (κ2) is 12.6. The molecule has 1 saturated heterocycles. The smallest absolute Gasteiger partial charge is 0.0602 e. The minimum Gasteiger partial charge on any atom is -0.314 e. The fourth-order valence-electron chi connectivity index (χ4n) is 3.73. The largest absolute Gasteiger partial charge is 0.314 e. The zero-order valence-electron chi connectivity index (χ0n) is 16.9. The highest BCUT2D eigenvalue weighted by molar-refractivity contribution is 5.31. The average molecular weight is 382 g/mol. The van der Waals surface area contributed by atoms with Crippen LogP contribution in [-0.4, -0.2) is 70.3 Å². The molecule has 28 heavy (non-hydrogen) atoms. The summed E-state index contributed by atoms with van der Waals surface area (Å²) in [7, 11) is 0. The summed E-state index contributed by atoms with van der Waals surface area (Å²) in [5.74, 6) is 0. The minimum absolute atomic E-state index is 0.276. The zero-order chi connectivity index (χ0) is 19.3. The summed E-state index contributed by atoms with van der Waals surface area (Å²) in [6.07, 6.45) is 0. The van der Waals surface area contributed by atoms with Gasteiger partial charge in [-0.2, -0.15) is 0 Å². The van der Waals surface area contributed by atoms with Crippen molar-refractivity contribution >= 4 is 0 Å². The van der Waals surface area contributed by atoms with E-state index in [1.54, 1.807) is 0 Å². The molecular weight excluding hydrogens is 346 g/mol. The Hall–Kier alpha value is -1.76. The molecule has 5 heteroatoms. The first kappa shape index (κ1) is 21.0. The van der Waals surface area contributed by atoms with E-state index in [0.29, 0.717) is 0 Å². The van der Waals surface area contributed by atoms with E-state index in [-0.39, 0.29) is 6.04 Å². The normalized spacial score (nSPS) is 19.0. The molecule has 152 valence electrons. The SMILES string of the molecule is c1ccc(C(c2ccccc2)N2CCNCCNCCNCCNCC2)cc1. The lowest BCUT2D eigenvalue weighted by atomic mass is 9.97. The molecule has 0 unspecified atom stereocenters. The van der Waals surface area contributed by atoms with Crippen LogP contribution in [0.5, 0.6) is 0 Å². The van der Waals surface area contributed by atoms with Crippen molar-refractivity contribution in [2.24, 2.45) is 0 Å². The first-order valence-electron chi connectivity index (χ1n) is 10.6. The van der Waals surface area contributed by atoms with Gasteiger partial charge in [-0.1, -0.05) is 60.7 Å². The first-order chi connectivity index (χ1) is 13.9. The van der Waals surface area contributed by atoms with Crippen molar-refractivity contribution in [1.82, 2.24) is 26.2 Å². The Balaban J connectivity index is 1.74. The average Bonchev–Trinajstić information content (AvgIpc) is 2.76. The Morgan fingerprint density at radius 1 is 0.500 bits per heavy atom. The number of hydrogen-bond acceptors (Lipinski definition) is 5. The maximum absolute atomic E-state index is 3.60. The van der Waals surface area contributed by atoms with E-state index in [0.717, 1.165) is 65.4 Å². The van der Waals surface area contributed by atoms with E-state index < -0.39 is 0 Å². The van der Waals surface area contributed by atoms with Gasteiger partial charge in [0.25, 0.3) is 0 Å². The van der Waals surface area contributed by atoms with Gasteiger partial charge in [0, 0.05) is 65.4 Å². The third-order valence-electron chi connectivity index (χ3n) is 5.18. The monoisotopic (exact) mass is 381 g/mol. The summed E-state index contributed by atoms with van der Waals surface area (Å²) in [4.78, 5) is 2.60. The van der Waals surface area contributed by atoms with Crippen molar-refractivity contribution < 1.29 is 0 Å². The fraction of sp³-hybridized carbons (Fsp3) is 0.478. The molecule has 1 fully saturated rings. The highest BCUT2D eigenvalue weighted by atomic mass is 15.2.